The maximum Gasteiger partial charge on any atom is 0.257 e. The molecular formula is C19H26N4O2. The van der Waals surface area contributed by atoms with Crippen molar-refractivity contribution in [1.29, 1.82) is 0 Å². The lowest BCUT2D eigenvalue weighted by molar-refractivity contribution is -0.134. The Morgan fingerprint density at radius 3 is 2.44 bits per heavy atom. The van der Waals surface area contributed by atoms with Crippen molar-refractivity contribution >= 4 is 5.91 Å². The zero-order chi connectivity index (χ0) is 17.9. The van der Waals surface area contributed by atoms with Crippen LogP contribution in [0, 0.1) is 5.41 Å². The van der Waals surface area contributed by atoms with Gasteiger partial charge in [-0.25, -0.2) is 0 Å². The number of hydrogen-bond acceptors (Lipinski definition) is 5. The summed E-state index contributed by atoms with van der Waals surface area (Å²) < 4.78 is 5.35. The largest absolute Gasteiger partial charge is 0.340 e. The molecule has 1 aromatic carbocycles. The minimum Gasteiger partial charge on any atom is -0.340 e. The first-order valence-electron chi connectivity index (χ1n) is 8.79. The van der Waals surface area contributed by atoms with Crippen molar-refractivity contribution < 1.29 is 9.32 Å². The molecule has 0 spiro atoms. The van der Waals surface area contributed by atoms with E-state index in [-0.39, 0.29) is 11.3 Å². The number of piperazine rings is 1. The molecule has 6 nitrogen and oxygen atoms in total. The molecule has 6 heteroatoms. The smallest absolute Gasteiger partial charge is 0.257 e. The minimum absolute atomic E-state index is 0.0344. The van der Waals surface area contributed by atoms with Crippen LogP contribution in [0.3, 0.4) is 0 Å². The van der Waals surface area contributed by atoms with Crippen LogP contribution < -0.4 is 0 Å². The molecule has 0 N–H and O–H groups in total. The fourth-order valence-electron chi connectivity index (χ4n) is 2.94. The second kappa shape index (κ2) is 7.35. The quantitative estimate of drug-likeness (QED) is 0.855. The molecule has 1 aromatic heterocycles. The minimum atomic E-state index is 0.0344. The van der Waals surface area contributed by atoms with E-state index >= 15 is 0 Å². The van der Waals surface area contributed by atoms with Gasteiger partial charge in [-0.05, 0) is 17.5 Å². The topological polar surface area (TPSA) is 62.5 Å². The molecular weight excluding hydrogens is 316 g/mol. The van der Waals surface area contributed by atoms with E-state index in [0.29, 0.717) is 24.7 Å². The summed E-state index contributed by atoms with van der Waals surface area (Å²) in [7, 11) is 0. The van der Waals surface area contributed by atoms with Crippen molar-refractivity contribution in [2.45, 2.75) is 33.7 Å². The molecule has 0 unspecified atom stereocenters. The second-order valence-corrected chi connectivity index (χ2v) is 7.78. The van der Waals surface area contributed by atoms with Crippen molar-refractivity contribution in [3.8, 4) is 11.5 Å². The van der Waals surface area contributed by atoms with Crippen molar-refractivity contribution in [3.05, 3.63) is 36.2 Å². The van der Waals surface area contributed by atoms with Gasteiger partial charge in [-0.2, -0.15) is 4.98 Å². The summed E-state index contributed by atoms with van der Waals surface area (Å²) in [5.41, 5.74) is 0.964. The monoisotopic (exact) mass is 342 g/mol. The summed E-state index contributed by atoms with van der Waals surface area (Å²) >= 11 is 0. The number of rotatable bonds is 4. The third-order valence-corrected chi connectivity index (χ3v) is 4.26. The van der Waals surface area contributed by atoms with Crippen molar-refractivity contribution in [3.63, 3.8) is 0 Å². The number of amides is 1. The van der Waals surface area contributed by atoms with Gasteiger partial charge >= 0.3 is 0 Å². The third kappa shape index (κ3) is 4.89. The van der Waals surface area contributed by atoms with Crippen molar-refractivity contribution in [2.75, 3.05) is 26.2 Å². The van der Waals surface area contributed by atoms with E-state index in [1.165, 1.54) is 0 Å². The van der Waals surface area contributed by atoms with Gasteiger partial charge in [0, 0.05) is 38.2 Å². The van der Waals surface area contributed by atoms with E-state index in [0.717, 1.165) is 31.7 Å². The lowest BCUT2D eigenvalue weighted by atomic mass is 9.91. The second-order valence-electron chi connectivity index (χ2n) is 7.78. The Bertz CT molecular complexity index is 698. The van der Waals surface area contributed by atoms with Gasteiger partial charge in [0.25, 0.3) is 5.89 Å². The van der Waals surface area contributed by atoms with Crippen LogP contribution in [0.15, 0.2) is 34.9 Å². The molecule has 3 rings (SSSR count). The van der Waals surface area contributed by atoms with Gasteiger partial charge in [-0.1, -0.05) is 44.1 Å². The zero-order valence-electron chi connectivity index (χ0n) is 15.2. The van der Waals surface area contributed by atoms with Crippen LogP contribution in [0.1, 0.15) is 33.0 Å². The van der Waals surface area contributed by atoms with Crippen molar-refractivity contribution in [1.82, 2.24) is 19.9 Å². The standard InChI is InChI=1S/C19H26N4O2/c1-19(2,3)13-17(24)23-11-9-22(10-12-23)14-16-20-18(25-21-16)15-7-5-4-6-8-15/h4-8H,9-14H2,1-3H3. The van der Waals surface area contributed by atoms with E-state index < -0.39 is 0 Å². The third-order valence-electron chi connectivity index (χ3n) is 4.26. The average molecular weight is 342 g/mol. The zero-order valence-corrected chi connectivity index (χ0v) is 15.2. The summed E-state index contributed by atoms with van der Waals surface area (Å²) in [5, 5.41) is 4.08. The number of carbonyl (C=O) groups excluding carboxylic acids is 1. The Morgan fingerprint density at radius 2 is 1.80 bits per heavy atom. The van der Waals surface area contributed by atoms with Crippen LogP contribution >= 0.6 is 0 Å². The molecule has 25 heavy (non-hydrogen) atoms. The summed E-state index contributed by atoms with van der Waals surface area (Å²) in [6, 6.07) is 9.77. The molecule has 2 heterocycles. The highest BCUT2D eigenvalue weighted by atomic mass is 16.5. The number of aromatic nitrogens is 2. The first kappa shape index (κ1) is 17.6. The molecule has 2 aromatic rings. The number of hydrogen-bond donors (Lipinski definition) is 0. The SMILES string of the molecule is CC(C)(C)CC(=O)N1CCN(Cc2noc(-c3ccccc3)n2)CC1. The highest BCUT2D eigenvalue weighted by Gasteiger charge is 2.25. The van der Waals surface area contributed by atoms with Gasteiger partial charge < -0.3 is 9.42 Å². The fraction of sp³-hybridized carbons (Fsp3) is 0.526. The number of carbonyl (C=O) groups is 1. The van der Waals surface area contributed by atoms with E-state index in [9.17, 15) is 4.79 Å². The molecule has 0 atom stereocenters. The fourth-order valence-corrected chi connectivity index (χ4v) is 2.94. The highest BCUT2D eigenvalue weighted by Crippen LogP contribution is 2.21. The normalized spacial score (nSPS) is 16.2. The summed E-state index contributed by atoms with van der Waals surface area (Å²) in [6.45, 7) is 10.1. The lowest BCUT2D eigenvalue weighted by Crippen LogP contribution is -2.49. The molecule has 0 bridgehead atoms. The highest BCUT2D eigenvalue weighted by molar-refractivity contribution is 5.76. The summed E-state index contributed by atoms with van der Waals surface area (Å²) in [5.74, 6) is 1.49. The van der Waals surface area contributed by atoms with Crippen LogP contribution in [0.4, 0.5) is 0 Å². The maximum absolute atomic E-state index is 12.3. The van der Waals surface area contributed by atoms with Crippen LogP contribution in [0.5, 0.6) is 0 Å². The van der Waals surface area contributed by atoms with Gasteiger partial charge in [0.2, 0.25) is 5.91 Å². The Morgan fingerprint density at radius 1 is 1.12 bits per heavy atom. The predicted molar refractivity (Wildman–Crippen MR) is 95.7 cm³/mol. The first-order chi connectivity index (χ1) is 11.9. The average Bonchev–Trinajstić information content (AvgIpc) is 3.03. The lowest BCUT2D eigenvalue weighted by Gasteiger charge is -2.35. The van der Waals surface area contributed by atoms with E-state index in [2.05, 4.69) is 35.8 Å². The Balaban J connectivity index is 1.51. The summed E-state index contributed by atoms with van der Waals surface area (Å²) in [4.78, 5) is 21.0. The van der Waals surface area contributed by atoms with Gasteiger partial charge in [0.05, 0.1) is 6.54 Å². The van der Waals surface area contributed by atoms with Crippen molar-refractivity contribution in [2.24, 2.45) is 5.41 Å². The predicted octanol–water partition coefficient (Wildman–Crippen LogP) is 2.82. The van der Waals surface area contributed by atoms with E-state index in [1.807, 2.05) is 35.2 Å². The van der Waals surface area contributed by atoms with Gasteiger partial charge in [-0.15, -0.1) is 0 Å². The molecule has 0 radical (unpaired) electrons. The first-order valence-corrected chi connectivity index (χ1v) is 8.79. The number of benzene rings is 1. The van der Waals surface area contributed by atoms with Crippen LogP contribution in [0.25, 0.3) is 11.5 Å². The molecule has 134 valence electrons. The molecule has 0 aliphatic carbocycles. The molecule has 1 aliphatic rings. The van der Waals surface area contributed by atoms with E-state index in [4.69, 9.17) is 4.52 Å². The van der Waals surface area contributed by atoms with Crippen LogP contribution in [-0.4, -0.2) is 52.0 Å². The molecule has 0 saturated carbocycles. The molecule has 1 saturated heterocycles. The molecule has 1 aliphatic heterocycles. The Hall–Kier alpha value is -2.21. The summed E-state index contributed by atoms with van der Waals surface area (Å²) in [6.07, 6.45) is 0.596. The van der Waals surface area contributed by atoms with Crippen LogP contribution in [-0.2, 0) is 11.3 Å². The molecule has 1 amide bonds. The van der Waals surface area contributed by atoms with Crippen LogP contribution in [0.2, 0.25) is 0 Å². The van der Waals surface area contributed by atoms with Gasteiger partial charge in [-0.3, -0.25) is 9.69 Å². The number of nitrogens with zero attached hydrogens (tertiary/aromatic N) is 4. The van der Waals surface area contributed by atoms with Gasteiger partial charge in [0.1, 0.15) is 0 Å². The van der Waals surface area contributed by atoms with Gasteiger partial charge in [0.15, 0.2) is 5.82 Å². The Kier molecular flexibility index (Phi) is 5.18. The maximum atomic E-state index is 12.3. The Labute approximate surface area is 148 Å². The van der Waals surface area contributed by atoms with E-state index in [1.54, 1.807) is 0 Å². The molecule has 1 fully saturated rings.